The van der Waals surface area contributed by atoms with Gasteiger partial charge >= 0.3 is 0 Å². The second-order valence-electron chi connectivity index (χ2n) is 4.05. The first kappa shape index (κ1) is 13.0. The summed E-state index contributed by atoms with van der Waals surface area (Å²) < 4.78 is 0. The minimum Gasteiger partial charge on any atom is -0.273 e. The van der Waals surface area contributed by atoms with Crippen molar-refractivity contribution in [1.82, 2.24) is 0 Å². The standard InChI is InChI=1S/C16H16N2O/c1-2-16(19)18(15-11-7-4-8-12-15)17-13-14-9-5-3-6-10-14/h3-13H,2H2,1H3/b17-13-. The van der Waals surface area contributed by atoms with Gasteiger partial charge in [0.15, 0.2) is 0 Å². The van der Waals surface area contributed by atoms with Crippen molar-refractivity contribution in [3.05, 3.63) is 66.2 Å². The Balaban J connectivity index is 2.25. The highest BCUT2D eigenvalue weighted by Crippen LogP contribution is 2.15. The molecular formula is C16H16N2O. The molecule has 0 N–H and O–H groups in total. The van der Waals surface area contributed by atoms with Gasteiger partial charge in [0.25, 0.3) is 0 Å². The molecule has 0 aliphatic rings. The zero-order chi connectivity index (χ0) is 13.5. The zero-order valence-corrected chi connectivity index (χ0v) is 10.9. The van der Waals surface area contributed by atoms with Gasteiger partial charge in [-0.1, -0.05) is 55.5 Å². The molecule has 0 fully saturated rings. The van der Waals surface area contributed by atoms with Crippen LogP contribution >= 0.6 is 0 Å². The highest BCUT2D eigenvalue weighted by atomic mass is 16.2. The molecule has 2 aromatic rings. The van der Waals surface area contributed by atoms with Crippen LogP contribution in [0.3, 0.4) is 0 Å². The average Bonchev–Trinajstić information content (AvgIpc) is 2.49. The van der Waals surface area contributed by atoms with Gasteiger partial charge in [-0.3, -0.25) is 4.79 Å². The van der Waals surface area contributed by atoms with Crippen molar-refractivity contribution in [2.75, 3.05) is 5.01 Å². The highest BCUT2D eigenvalue weighted by Gasteiger charge is 2.11. The van der Waals surface area contributed by atoms with Crippen LogP contribution in [-0.2, 0) is 4.79 Å². The van der Waals surface area contributed by atoms with Gasteiger partial charge in [0, 0.05) is 6.42 Å². The molecule has 3 heteroatoms. The Morgan fingerprint density at radius 2 is 1.63 bits per heavy atom. The van der Waals surface area contributed by atoms with E-state index in [1.165, 1.54) is 5.01 Å². The summed E-state index contributed by atoms with van der Waals surface area (Å²) in [7, 11) is 0. The number of carbonyl (C=O) groups is 1. The molecule has 2 aromatic carbocycles. The van der Waals surface area contributed by atoms with E-state index in [-0.39, 0.29) is 5.91 Å². The van der Waals surface area contributed by atoms with E-state index in [1.54, 1.807) is 6.21 Å². The molecule has 0 spiro atoms. The maximum atomic E-state index is 11.9. The molecule has 0 saturated carbocycles. The summed E-state index contributed by atoms with van der Waals surface area (Å²) in [4.78, 5) is 11.9. The van der Waals surface area contributed by atoms with E-state index in [0.29, 0.717) is 6.42 Å². The van der Waals surface area contributed by atoms with Crippen LogP contribution in [0.5, 0.6) is 0 Å². The van der Waals surface area contributed by atoms with Gasteiger partial charge in [-0.15, -0.1) is 0 Å². The Labute approximate surface area is 113 Å². The van der Waals surface area contributed by atoms with Crippen molar-refractivity contribution in [2.24, 2.45) is 5.10 Å². The molecule has 2 rings (SSSR count). The summed E-state index contributed by atoms with van der Waals surface area (Å²) >= 11 is 0. The number of anilines is 1. The Morgan fingerprint density at radius 3 is 2.21 bits per heavy atom. The number of hydrogen-bond donors (Lipinski definition) is 0. The van der Waals surface area contributed by atoms with E-state index in [4.69, 9.17) is 0 Å². The maximum absolute atomic E-state index is 11.9. The summed E-state index contributed by atoms with van der Waals surface area (Å²) in [5, 5.41) is 5.73. The third-order valence-electron chi connectivity index (χ3n) is 2.66. The fourth-order valence-electron chi connectivity index (χ4n) is 1.66. The van der Waals surface area contributed by atoms with Crippen molar-refractivity contribution in [1.29, 1.82) is 0 Å². The SMILES string of the molecule is CCC(=O)N(/N=C\c1ccccc1)c1ccccc1. The Bertz CT molecular complexity index is 549. The number of para-hydroxylation sites is 1. The fourth-order valence-corrected chi connectivity index (χ4v) is 1.66. The predicted molar refractivity (Wildman–Crippen MR) is 78.3 cm³/mol. The van der Waals surface area contributed by atoms with Gasteiger partial charge in [0.05, 0.1) is 11.9 Å². The van der Waals surface area contributed by atoms with Gasteiger partial charge < -0.3 is 0 Å². The molecule has 0 aromatic heterocycles. The lowest BCUT2D eigenvalue weighted by Gasteiger charge is -2.16. The number of nitrogens with zero attached hydrogens (tertiary/aromatic N) is 2. The summed E-state index contributed by atoms with van der Waals surface area (Å²) in [5.41, 5.74) is 1.74. The Hall–Kier alpha value is -2.42. The first-order valence-corrected chi connectivity index (χ1v) is 6.28. The molecule has 19 heavy (non-hydrogen) atoms. The molecule has 3 nitrogen and oxygen atoms in total. The van der Waals surface area contributed by atoms with Crippen molar-refractivity contribution >= 4 is 17.8 Å². The van der Waals surface area contributed by atoms with Crippen LogP contribution in [0.2, 0.25) is 0 Å². The fraction of sp³-hybridized carbons (Fsp3) is 0.125. The van der Waals surface area contributed by atoms with E-state index in [2.05, 4.69) is 5.10 Å². The minimum absolute atomic E-state index is 0.0293. The minimum atomic E-state index is -0.0293. The second kappa shape index (κ2) is 6.50. The first-order chi connectivity index (χ1) is 9.31. The van der Waals surface area contributed by atoms with Gasteiger partial charge in [0.2, 0.25) is 5.91 Å². The Kier molecular flexibility index (Phi) is 4.45. The van der Waals surface area contributed by atoms with Crippen molar-refractivity contribution < 1.29 is 4.79 Å². The largest absolute Gasteiger partial charge is 0.273 e. The van der Waals surface area contributed by atoms with Crippen LogP contribution in [0.15, 0.2) is 65.8 Å². The quantitative estimate of drug-likeness (QED) is 0.606. The maximum Gasteiger partial charge on any atom is 0.247 e. The molecular weight excluding hydrogens is 236 g/mol. The van der Waals surface area contributed by atoms with Crippen molar-refractivity contribution in [3.63, 3.8) is 0 Å². The lowest BCUT2D eigenvalue weighted by atomic mass is 10.2. The van der Waals surface area contributed by atoms with Crippen LogP contribution in [-0.4, -0.2) is 12.1 Å². The molecule has 0 aliphatic heterocycles. The molecule has 0 unspecified atom stereocenters. The number of benzene rings is 2. The highest BCUT2D eigenvalue weighted by molar-refractivity contribution is 5.94. The van der Waals surface area contributed by atoms with Crippen molar-refractivity contribution in [2.45, 2.75) is 13.3 Å². The topological polar surface area (TPSA) is 32.7 Å². The summed E-state index contributed by atoms with van der Waals surface area (Å²) in [5.74, 6) is -0.0293. The lowest BCUT2D eigenvalue weighted by Crippen LogP contribution is -2.24. The first-order valence-electron chi connectivity index (χ1n) is 6.28. The lowest BCUT2D eigenvalue weighted by molar-refractivity contribution is -0.118. The number of hydrazone groups is 1. The average molecular weight is 252 g/mol. The predicted octanol–water partition coefficient (Wildman–Crippen LogP) is 3.46. The molecule has 0 radical (unpaired) electrons. The van der Waals surface area contributed by atoms with E-state index in [1.807, 2.05) is 67.6 Å². The third-order valence-corrected chi connectivity index (χ3v) is 2.66. The molecule has 1 amide bonds. The molecule has 96 valence electrons. The molecule has 0 heterocycles. The zero-order valence-electron chi connectivity index (χ0n) is 10.9. The summed E-state index contributed by atoms with van der Waals surface area (Å²) in [6, 6.07) is 19.2. The number of carbonyl (C=O) groups excluding carboxylic acids is 1. The van der Waals surface area contributed by atoms with Crippen molar-refractivity contribution in [3.8, 4) is 0 Å². The van der Waals surface area contributed by atoms with E-state index < -0.39 is 0 Å². The van der Waals surface area contributed by atoms with Gasteiger partial charge in [-0.05, 0) is 17.7 Å². The van der Waals surface area contributed by atoms with Crippen LogP contribution in [0.4, 0.5) is 5.69 Å². The van der Waals surface area contributed by atoms with Gasteiger partial charge in [-0.25, -0.2) is 5.01 Å². The van der Waals surface area contributed by atoms with Crippen LogP contribution in [0.1, 0.15) is 18.9 Å². The van der Waals surface area contributed by atoms with E-state index in [9.17, 15) is 4.79 Å². The van der Waals surface area contributed by atoms with Gasteiger partial charge in [0.1, 0.15) is 0 Å². The number of hydrogen-bond acceptors (Lipinski definition) is 2. The van der Waals surface area contributed by atoms with E-state index >= 15 is 0 Å². The molecule has 0 saturated heterocycles. The van der Waals surface area contributed by atoms with Gasteiger partial charge in [-0.2, -0.15) is 5.10 Å². The monoisotopic (exact) mass is 252 g/mol. The molecule has 0 aliphatic carbocycles. The summed E-state index contributed by atoms with van der Waals surface area (Å²) in [6.45, 7) is 1.83. The van der Waals surface area contributed by atoms with E-state index in [0.717, 1.165) is 11.3 Å². The van der Waals surface area contributed by atoms with Crippen LogP contribution < -0.4 is 5.01 Å². The number of amides is 1. The number of rotatable bonds is 4. The smallest absolute Gasteiger partial charge is 0.247 e. The third kappa shape index (κ3) is 3.52. The normalized spacial score (nSPS) is 10.6. The molecule has 0 bridgehead atoms. The Morgan fingerprint density at radius 1 is 1.05 bits per heavy atom. The van der Waals surface area contributed by atoms with Crippen LogP contribution in [0, 0.1) is 0 Å². The van der Waals surface area contributed by atoms with Crippen LogP contribution in [0.25, 0.3) is 0 Å². The second-order valence-corrected chi connectivity index (χ2v) is 4.05. The molecule has 0 atom stereocenters. The summed E-state index contributed by atoms with van der Waals surface area (Å²) in [6.07, 6.45) is 2.11.